The maximum absolute atomic E-state index is 11.9. The van der Waals surface area contributed by atoms with E-state index in [0.717, 1.165) is 12.8 Å². The molecule has 0 spiro atoms. The summed E-state index contributed by atoms with van der Waals surface area (Å²) < 4.78 is 5.27. The molecule has 1 aromatic heterocycles. The number of H-pyrrole nitrogens is 1. The van der Waals surface area contributed by atoms with Crippen LogP contribution in [0.1, 0.15) is 23.2 Å². The average molecular weight is 266 g/mol. The molecule has 2 heterocycles. The Morgan fingerprint density at radius 3 is 2.74 bits per heavy atom. The third-order valence-corrected chi connectivity index (χ3v) is 3.56. The van der Waals surface area contributed by atoms with Crippen LogP contribution < -0.4 is 10.9 Å². The van der Waals surface area contributed by atoms with Crippen molar-refractivity contribution in [2.45, 2.75) is 12.8 Å². The number of hydrogen-bond donors (Lipinski definition) is 3. The van der Waals surface area contributed by atoms with Gasteiger partial charge < -0.3 is 20.1 Å². The summed E-state index contributed by atoms with van der Waals surface area (Å²) in [6, 6.07) is 2.79. The fourth-order valence-corrected chi connectivity index (χ4v) is 2.12. The third-order valence-electron chi connectivity index (χ3n) is 3.56. The van der Waals surface area contributed by atoms with Crippen LogP contribution in [0.3, 0.4) is 0 Å². The van der Waals surface area contributed by atoms with Crippen molar-refractivity contribution in [1.82, 2.24) is 10.3 Å². The van der Waals surface area contributed by atoms with Crippen molar-refractivity contribution >= 4 is 5.91 Å². The molecule has 1 aromatic rings. The van der Waals surface area contributed by atoms with Gasteiger partial charge in [0.05, 0.1) is 12.2 Å². The number of aliphatic hydroxyl groups is 1. The number of rotatable bonds is 4. The Morgan fingerprint density at radius 1 is 1.42 bits per heavy atom. The summed E-state index contributed by atoms with van der Waals surface area (Å²) in [6.07, 6.45) is 2.85. The zero-order chi connectivity index (χ0) is 13.7. The molecule has 0 bridgehead atoms. The zero-order valence-corrected chi connectivity index (χ0v) is 10.6. The fourth-order valence-electron chi connectivity index (χ4n) is 2.12. The number of nitrogens with one attached hydrogen (secondary N) is 2. The first-order valence-corrected chi connectivity index (χ1v) is 6.31. The van der Waals surface area contributed by atoms with E-state index < -0.39 is 0 Å². The first-order chi connectivity index (χ1) is 9.15. The molecule has 1 saturated heterocycles. The summed E-state index contributed by atoms with van der Waals surface area (Å²) >= 11 is 0. The Balaban J connectivity index is 1.95. The molecule has 1 fully saturated rings. The zero-order valence-electron chi connectivity index (χ0n) is 10.6. The van der Waals surface area contributed by atoms with E-state index in [1.54, 1.807) is 0 Å². The smallest absolute Gasteiger partial charge is 0.252 e. The maximum atomic E-state index is 11.9. The predicted molar refractivity (Wildman–Crippen MR) is 69.0 cm³/mol. The van der Waals surface area contributed by atoms with Gasteiger partial charge in [-0.15, -0.1) is 0 Å². The molecule has 6 nitrogen and oxygen atoms in total. The third kappa shape index (κ3) is 3.42. The molecule has 3 N–H and O–H groups in total. The van der Waals surface area contributed by atoms with Crippen LogP contribution >= 0.6 is 0 Å². The molecule has 0 radical (unpaired) electrons. The number of ether oxygens (including phenoxy) is 1. The van der Waals surface area contributed by atoms with Crippen LogP contribution in [0.15, 0.2) is 23.1 Å². The summed E-state index contributed by atoms with van der Waals surface area (Å²) in [6.45, 7) is 1.65. The number of amides is 1. The van der Waals surface area contributed by atoms with Gasteiger partial charge in [-0.05, 0) is 18.9 Å². The van der Waals surface area contributed by atoms with Gasteiger partial charge in [-0.3, -0.25) is 9.59 Å². The van der Waals surface area contributed by atoms with E-state index in [9.17, 15) is 14.7 Å². The SMILES string of the molecule is O=C(NCC1(CO)CCOCC1)c1ccc(=O)[nH]c1. The second-order valence-electron chi connectivity index (χ2n) is 4.89. The van der Waals surface area contributed by atoms with Crippen molar-refractivity contribution in [2.75, 3.05) is 26.4 Å². The number of aromatic nitrogens is 1. The first kappa shape index (κ1) is 13.8. The van der Waals surface area contributed by atoms with Crippen LogP contribution in [0.25, 0.3) is 0 Å². The molecule has 1 aliphatic heterocycles. The quantitative estimate of drug-likeness (QED) is 0.709. The minimum Gasteiger partial charge on any atom is -0.396 e. The molecule has 0 atom stereocenters. The van der Waals surface area contributed by atoms with Crippen molar-refractivity contribution in [1.29, 1.82) is 0 Å². The van der Waals surface area contributed by atoms with Crippen LogP contribution in [-0.2, 0) is 4.74 Å². The van der Waals surface area contributed by atoms with Crippen LogP contribution in [0.4, 0.5) is 0 Å². The molecule has 6 heteroatoms. The molecule has 19 heavy (non-hydrogen) atoms. The largest absolute Gasteiger partial charge is 0.396 e. The summed E-state index contributed by atoms with van der Waals surface area (Å²) in [5.74, 6) is -0.254. The van der Waals surface area contributed by atoms with Gasteiger partial charge >= 0.3 is 0 Å². The first-order valence-electron chi connectivity index (χ1n) is 6.31. The standard InChI is InChI=1S/C13H18N2O4/c16-9-13(3-5-19-6-4-13)8-15-12(18)10-1-2-11(17)14-7-10/h1-2,7,16H,3-6,8-9H2,(H,14,17)(H,15,18). The predicted octanol–water partition coefficient (Wildman–Crippen LogP) is -0.106. The van der Waals surface area contributed by atoms with E-state index >= 15 is 0 Å². The Morgan fingerprint density at radius 2 is 2.16 bits per heavy atom. The van der Waals surface area contributed by atoms with Gasteiger partial charge in [0.2, 0.25) is 5.56 Å². The van der Waals surface area contributed by atoms with Gasteiger partial charge in [-0.2, -0.15) is 0 Å². The summed E-state index contributed by atoms with van der Waals surface area (Å²) in [5, 5.41) is 12.3. The lowest BCUT2D eigenvalue weighted by Gasteiger charge is -2.35. The van der Waals surface area contributed by atoms with Crippen molar-refractivity contribution in [3.05, 3.63) is 34.2 Å². The van der Waals surface area contributed by atoms with Crippen LogP contribution in [0.5, 0.6) is 0 Å². The van der Waals surface area contributed by atoms with Gasteiger partial charge in [0.1, 0.15) is 0 Å². The van der Waals surface area contributed by atoms with Gasteiger partial charge in [0.25, 0.3) is 5.91 Å². The highest BCUT2D eigenvalue weighted by atomic mass is 16.5. The highest BCUT2D eigenvalue weighted by Crippen LogP contribution is 2.28. The highest BCUT2D eigenvalue weighted by molar-refractivity contribution is 5.93. The van der Waals surface area contributed by atoms with E-state index in [4.69, 9.17) is 4.74 Å². The van der Waals surface area contributed by atoms with Gasteiger partial charge in [0, 0.05) is 37.4 Å². The fraction of sp³-hybridized carbons (Fsp3) is 0.538. The lowest BCUT2D eigenvalue weighted by Crippen LogP contribution is -2.43. The minimum absolute atomic E-state index is 0.0300. The lowest BCUT2D eigenvalue weighted by atomic mass is 9.81. The normalized spacial score (nSPS) is 17.9. The van der Waals surface area contributed by atoms with Gasteiger partial charge in [-0.1, -0.05) is 0 Å². The van der Waals surface area contributed by atoms with E-state index in [1.807, 2.05) is 0 Å². The molecule has 1 aliphatic rings. The Hall–Kier alpha value is -1.66. The number of carbonyl (C=O) groups is 1. The number of aliphatic hydroxyl groups excluding tert-OH is 1. The summed E-state index contributed by atoms with van der Waals surface area (Å²) in [4.78, 5) is 25.3. The van der Waals surface area contributed by atoms with Crippen molar-refractivity contribution in [3.8, 4) is 0 Å². The number of hydrogen-bond acceptors (Lipinski definition) is 4. The lowest BCUT2D eigenvalue weighted by molar-refractivity contribution is -0.0146. The van der Waals surface area contributed by atoms with Gasteiger partial charge in [-0.25, -0.2) is 0 Å². The molecule has 0 aliphatic carbocycles. The van der Waals surface area contributed by atoms with E-state index in [1.165, 1.54) is 18.3 Å². The molecule has 0 unspecified atom stereocenters. The van der Waals surface area contributed by atoms with Gasteiger partial charge in [0.15, 0.2) is 0 Å². The van der Waals surface area contributed by atoms with Crippen LogP contribution in [-0.4, -0.2) is 42.4 Å². The van der Waals surface area contributed by atoms with Crippen LogP contribution in [0.2, 0.25) is 0 Å². The topological polar surface area (TPSA) is 91.4 Å². The van der Waals surface area contributed by atoms with E-state index in [0.29, 0.717) is 25.3 Å². The number of aromatic amines is 1. The second kappa shape index (κ2) is 5.99. The molecule has 0 aromatic carbocycles. The average Bonchev–Trinajstić information content (AvgIpc) is 2.46. The monoisotopic (exact) mass is 266 g/mol. The second-order valence-corrected chi connectivity index (χ2v) is 4.89. The number of pyridine rings is 1. The molecule has 104 valence electrons. The van der Waals surface area contributed by atoms with E-state index in [-0.39, 0.29) is 23.5 Å². The van der Waals surface area contributed by atoms with Crippen molar-refractivity contribution < 1.29 is 14.6 Å². The Bertz CT molecular complexity index is 471. The molecule has 0 saturated carbocycles. The summed E-state index contributed by atoms with van der Waals surface area (Å²) in [7, 11) is 0. The molecular formula is C13H18N2O4. The molecular weight excluding hydrogens is 248 g/mol. The van der Waals surface area contributed by atoms with Crippen LogP contribution in [0, 0.1) is 5.41 Å². The van der Waals surface area contributed by atoms with Crippen molar-refractivity contribution in [3.63, 3.8) is 0 Å². The van der Waals surface area contributed by atoms with E-state index in [2.05, 4.69) is 10.3 Å². The maximum Gasteiger partial charge on any atom is 0.252 e. The molecule has 1 amide bonds. The Kier molecular flexibility index (Phi) is 4.34. The minimum atomic E-state index is -0.296. The Labute approximate surface area is 110 Å². The molecule has 2 rings (SSSR count). The highest BCUT2D eigenvalue weighted by Gasteiger charge is 2.32. The summed E-state index contributed by atoms with van der Waals surface area (Å²) in [5.41, 5.74) is -0.136. The number of carbonyl (C=O) groups excluding carboxylic acids is 1. The van der Waals surface area contributed by atoms with Crippen molar-refractivity contribution in [2.24, 2.45) is 5.41 Å².